The van der Waals surface area contributed by atoms with Gasteiger partial charge in [-0.15, -0.1) is 0 Å². The predicted octanol–water partition coefficient (Wildman–Crippen LogP) is 3.47. The lowest BCUT2D eigenvalue weighted by molar-refractivity contribution is -0.346. The van der Waals surface area contributed by atoms with Crippen LogP contribution in [0.15, 0.2) is 71.8 Å². The van der Waals surface area contributed by atoms with Crippen LogP contribution >= 0.6 is 0 Å². The summed E-state index contributed by atoms with van der Waals surface area (Å²) >= 11 is 0. The van der Waals surface area contributed by atoms with Crippen LogP contribution in [-0.2, 0) is 47.7 Å². The van der Waals surface area contributed by atoms with Gasteiger partial charge < -0.3 is 44.3 Å². The minimum atomic E-state index is -2.37. The highest BCUT2D eigenvalue weighted by Gasteiger charge is 2.78. The van der Waals surface area contributed by atoms with E-state index in [1.807, 2.05) is 13.8 Å². The van der Waals surface area contributed by atoms with Crippen molar-refractivity contribution in [3.63, 3.8) is 0 Å². The van der Waals surface area contributed by atoms with E-state index in [1.165, 1.54) is 26.0 Å². The maximum atomic E-state index is 15.4. The number of ketones is 1. The van der Waals surface area contributed by atoms with E-state index in [4.69, 9.17) is 23.7 Å². The molecule has 3 aliphatic carbocycles. The van der Waals surface area contributed by atoms with Crippen molar-refractivity contribution >= 4 is 35.6 Å². The summed E-state index contributed by atoms with van der Waals surface area (Å²) in [6.45, 7) is 11.7. The molecule has 3 fully saturated rings. The average Bonchev–Trinajstić information content (AvgIpc) is 3.17. The molecule has 0 unspecified atom stereocenters. The molecule has 4 aliphatic rings. The Labute approximate surface area is 348 Å². The molecule has 15 nitrogen and oxygen atoms in total. The van der Waals surface area contributed by atoms with Gasteiger partial charge in [0.1, 0.15) is 23.9 Å². The third kappa shape index (κ3) is 7.54. The molecule has 1 heterocycles. The molecule has 60 heavy (non-hydrogen) atoms. The van der Waals surface area contributed by atoms with Crippen molar-refractivity contribution in [2.75, 3.05) is 6.61 Å². The van der Waals surface area contributed by atoms with E-state index in [-0.39, 0.29) is 42.1 Å². The molecule has 324 valence electrons. The van der Waals surface area contributed by atoms with Gasteiger partial charge in [-0.1, -0.05) is 76.2 Å². The minimum absolute atomic E-state index is 0.00902. The number of aliphatic hydroxyl groups is 3. The number of carbonyl (C=O) groups excluding carboxylic acids is 6. The zero-order valence-electron chi connectivity index (χ0n) is 35.1. The molecule has 0 radical (unpaired) electrons. The van der Waals surface area contributed by atoms with Crippen molar-refractivity contribution in [1.82, 2.24) is 5.32 Å². The molecule has 2 bridgehead atoms. The van der Waals surface area contributed by atoms with Crippen molar-refractivity contribution in [2.24, 2.45) is 22.7 Å². The van der Waals surface area contributed by atoms with Gasteiger partial charge in [0.05, 0.1) is 35.6 Å². The van der Waals surface area contributed by atoms with Gasteiger partial charge in [-0.2, -0.15) is 0 Å². The predicted molar refractivity (Wildman–Crippen MR) is 211 cm³/mol. The number of ether oxygens (including phenoxy) is 5. The van der Waals surface area contributed by atoms with Gasteiger partial charge in [0.25, 0.3) is 0 Å². The van der Waals surface area contributed by atoms with Gasteiger partial charge in [-0.3, -0.25) is 19.2 Å². The molecule has 2 aromatic rings. The Kier molecular flexibility index (Phi) is 12.2. The lowest BCUT2D eigenvalue weighted by atomic mass is 9.44. The summed E-state index contributed by atoms with van der Waals surface area (Å²) in [5.74, 6) is -6.64. The summed E-state index contributed by atoms with van der Waals surface area (Å²) in [4.78, 5) is 82.8. The summed E-state index contributed by atoms with van der Waals surface area (Å²) in [6, 6.07) is 14.9. The monoisotopic (exact) mass is 833 g/mol. The van der Waals surface area contributed by atoms with Crippen molar-refractivity contribution < 1.29 is 67.8 Å². The normalized spacial score (nSPS) is 32.7. The van der Waals surface area contributed by atoms with Crippen LogP contribution in [-0.4, -0.2) is 105 Å². The second kappa shape index (κ2) is 16.5. The van der Waals surface area contributed by atoms with E-state index in [9.17, 15) is 39.3 Å². The van der Waals surface area contributed by atoms with Crippen molar-refractivity contribution in [1.29, 1.82) is 0 Å². The lowest BCUT2D eigenvalue weighted by Crippen LogP contribution is -2.82. The molecular formula is C45H55NO14. The lowest BCUT2D eigenvalue weighted by Gasteiger charge is -2.67. The standard InChI is InChI=1S/C45H55NO14/c1-23(2)19-32(50)46-34(27-15-11-9-12-16-27)35(51)41(54)58-29-21-45(55)39(59-40(53)28-17-13-10-14-18-28)37-43(8,30(49)20-31-44(37,22-56-31)60-26(5)48)38(52)36(57-25(4)47)33(24(29)3)42(45,6)7/h9-18,23,29-31,34-37,39,49,51,55H,19-22H2,1-8H3,(H,46,50)/t29-,30-,31+,34-,35+,36-,37-,39-,43+,44-,45+/m0/s1. The first kappa shape index (κ1) is 44.6. The van der Waals surface area contributed by atoms with Gasteiger partial charge in [0.2, 0.25) is 5.91 Å². The smallest absolute Gasteiger partial charge is 0.338 e. The summed E-state index contributed by atoms with van der Waals surface area (Å²) in [5.41, 5.74) is -7.15. The molecule has 1 saturated heterocycles. The van der Waals surface area contributed by atoms with Crippen LogP contribution in [0.4, 0.5) is 0 Å². The van der Waals surface area contributed by atoms with Crippen LogP contribution in [0.2, 0.25) is 0 Å². The number of aliphatic hydroxyl groups excluding tert-OH is 2. The van der Waals surface area contributed by atoms with E-state index in [0.29, 0.717) is 5.56 Å². The quantitative estimate of drug-likeness (QED) is 0.145. The van der Waals surface area contributed by atoms with Gasteiger partial charge >= 0.3 is 23.9 Å². The highest BCUT2D eigenvalue weighted by molar-refractivity contribution is 5.95. The molecule has 0 aromatic heterocycles. The third-order valence-corrected chi connectivity index (χ3v) is 13.1. The molecule has 1 amide bonds. The number of esters is 4. The average molecular weight is 834 g/mol. The Morgan fingerprint density at radius 3 is 2.08 bits per heavy atom. The highest BCUT2D eigenvalue weighted by Crippen LogP contribution is 2.64. The zero-order valence-corrected chi connectivity index (χ0v) is 35.1. The largest absolute Gasteiger partial charge is 0.456 e. The van der Waals surface area contributed by atoms with E-state index in [1.54, 1.807) is 62.4 Å². The van der Waals surface area contributed by atoms with E-state index >= 15 is 4.79 Å². The summed E-state index contributed by atoms with van der Waals surface area (Å²) in [7, 11) is 0. The number of nitrogens with one attached hydrogen (secondary N) is 1. The second-order valence-corrected chi connectivity index (χ2v) is 17.7. The number of hydrogen-bond donors (Lipinski definition) is 4. The highest BCUT2D eigenvalue weighted by atomic mass is 16.6. The molecule has 2 saturated carbocycles. The first-order valence-corrected chi connectivity index (χ1v) is 20.2. The van der Waals surface area contributed by atoms with Crippen molar-refractivity contribution in [2.45, 2.75) is 129 Å². The molecule has 6 rings (SSSR count). The molecule has 0 spiro atoms. The van der Waals surface area contributed by atoms with Crippen LogP contribution in [0.3, 0.4) is 0 Å². The van der Waals surface area contributed by atoms with E-state index < -0.39 is 113 Å². The zero-order chi connectivity index (χ0) is 44.1. The molecule has 4 N–H and O–H groups in total. The number of fused-ring (bicyclic) bond motifs is 5. The Hall–Kier alpha value is -4.96. The fourth-order valence-corrected chi connectivity index (χ4v) is 9.97. The van der Waals surface area contributed by atoms with Crippen molar-refractivity contribution in [3.8, 4) is 0 Å². The topological polar surface area (TPSA) is 221 Å². The maximum absolute atomic E-state index is 15.4. The second-order valence-electron chi connectivity index (χ2n) is 17.7. The Morgan fingerprint density at radius 2 is 1.53 bits per heavy atom. The van der Waals surface area contributed by atoms with Gasteiger partial charge in [0.15, 0.2) is 23.6 Å². The van der Waals surface area contributed by atoms with Crippen LogP contribution in [0.1, 0.15) is 96.6 Å². The Bertz CT molecular complexity index is 2050. The number of rotatable bonds is 11. The maximum Gasteiger partial charge on any atom is 0.338 e. The Balaban J connectivity index is 1.54. The third-order valence-electron chi connectivity index (χ3n) is 13.1. The first-order chi connectivity index (χ1) is 28.1. The Morgan fingerprint density at radius 1 is 0.917 bits per heavy atom. The molecule has 2 aromatic carbocycles. The summed E-state index contributed by atoms with van der Waals surface area (Å²) < 4.78 is 30.2. The number of carbonyl (C=O) groups is 6. The van der Waals surface area contributed by atoms with Crippen LogP contribution in [0, 0.1) is 22.7 Å². The van der Waals surface area contributed by atoms with Crippen LogP contribution in [0.5, 0.6) is 0 Å². The number of benzene rings is 2. The fourth-order valence-electron chi connectivity index (χ4n) is 9.97. The van der Waals surface area contributed by atoms with E-state index in [0.717, 1.165) is 13.8 Å². The first-order valence-electron chi connectivity index (χ1n) is 20.2. The van der Waals surface area contributed by atoms with Gasteiger partial charge in [0, 0.05) is 38.5 Å². The summed E-state index contributed by atoms with van der Waals surface area (Å²) in [5, 5.41) is 40.1. The molecule has 11 atom stereocenters. The van der Waals surface area contributed by atoms with Gasteiger partial charge in [-0.25, -0.2) is 9.59 Å². The minimum Gasteiger partial charge on any atom is -0.456 e. The molecule has 15 heteroatoms. The van der Waals surface area contributed by atoms with Crippen LogP contribution in [0.25, 0.3) is 0 Å². The van der Waals surface area contributed by atoms with Crippen LogP contribution < -0.4 is 5.32 Å². The van der Waals surface area contributed by atoms with Crippen molar-refractivity contribution in [3.05, 3.63) is 82.9 Å². The number of hydrogen-bond acceptors (Lipinski definition) is 14. The molecular weight excluding hydrogens is 778 g/mol. The SMILES string of the molecule is CC(=O)O[C@@H]1C(=O)[C@@]2(C)[C@H]([C@H](OC(=O)c3ccccc3)[C@]3(O)C[C@H](OC(=O)[C@H](O)[C@@H](NC(=O)CC(C)C)c4ccccc4)C(C)=C1C3(C)C)[C@]1(OC(C)=O)CO[C@@H]1C[C@@H]2O. The van der Waals surface area contributed by atoms with Gasteiger partial charge in [-0.05, 0) is 48.6 Å². The number of Topliss-reactive ketones (excluding diaryl/α,β-unsaturated/α-hetero) is 1. The number of amides is 1. The fraction of sp³-hybridized carbons (Fsp3) is 0.556. The molecule has 1 aliphatic heterocycles. The summed E-state index contributed by atoms with van der Waals surface area (Å²) in [6.07, 6.45) is -10.3. The van der Waals surface area contributed by atoms with E-state index in [2.05, 4.69) is 5.32 Å².